The number of benzene rings is 1. The highest BCUT2D eigenvalue weighted by molar-refractivity contribution is 6.30. The Hall–Kier alpha value is -1.06. The number of hydrogen-bond acceptors (Lipinski definition) is 2. The summed E-state index contributed by atoms with van der Waals surface area (Å²) in [5, 5.41) is 3.50. The zero-order valence-electron chi connectivity index (χ0n) is 8.20. The lowest BCUT2D eigenvalue weighted by atomic mass is 10.1. The van der Waals surface area contributed by atoms with Crippen LogP contribution in [0.2, 0.25) is 5.02 Å². The third-order valence-corrected chi connectivity index (χ3v) is 2.46. The zero-order valence-corrected chi connectivity index (χ0v) is 8.96. The van der Waals surface area contributed by atoms with Crippen LogP contribution in [0.15, 0.2) is 24.3 Å². The summed E-state index contributed by atoms with van der Waals surface area (Å²) in [6.07, 6.45) is 0.628. The largest absolute Gasteiger partial charge is 0.371 e. The van der Waals surface area contributed by atoms with Gasteiger partial charge in [0.2, 0.25) is 5.91 Å². The lowest BCUT2D eigenvalue weighted by Crippen LogP contribution is -2.28. The molecule has 1 atom stereocenters. The molecule has 0 unspecified atom stereocenters. The van der Waals surface area contributed by atoms with Gasteiger partial charge in [0.1, 0.15) is 0 Å². The van der Waals surface area contributed by atoms with E-state index in [2.05, 4.69) is 5.32 Å². The second-order valence-electron chi connectivity index (χ2n) is 3.56. The molecule has 0 saturated carbocycles. The van der Waals surface area contributed by atoms with E-state index < -0.39 is 0 Å². The summed E-state index contributed by atoms with van der Waals surface area (Å²) in [7, 11) is 0. The summed E-state index contributed by atoms with van der Waals surface area (Å²) < 4.78 is 4.99. The molecule has 0 spiro atoms. The molecule has 4 heteroatoms. The van der Waals surface area contributed by atoms with Crippen LogP contribution >= 0.6 is 11.6 Å². The molecule has 2 rings (SSSR count). The fraction of sp³-hybridized carbons (Fsp3) is 0.364. The van der Waals surface area contributed by atoms with Gasteiger partial charge in [0.25, 0.3) is 0 Å². The van der Waals surface area contributed by atoms with Gasteiger partial charge in [-0.05, 0) is 17.7 Å². The fourth-order valence-corrected chi connectivity index (χ4v) is 1.39. The molecule has 0 aromatic heterocycles. The van der Waals surface area contributed by atoms with Crippen LogP contribution in [-0.2, 0) is 16.0 Å². The fourth-order valence-electron chi connectivity index (χ4n) is 1.26. The highest BCUT2D eigenvalue weighted by atomic mass is 35.5. The number of nitrogens with one attached hydrogen (secondary N) is 1. The van der Waals surface area contributed by atoms with Crippen molar-refractivity contribution < 1.29 is 9.53 Å². The Bertz CT molecular complexity index is 346. The van der Waals surface area contributed by atoms with Crippen LogP contribution < -0.4 is 5.32 Å². The Labute approximate surface area is 93.4 Å². The van der Waals surface area contributed by atoms with Gasteiger partial charge in [-0.3, -0.25) is 4.79 Å². The van der Waals surface area contributed by atoms with Crippen LogP contribution in [0.25, 0.3) is 0 Å². The number of hydrogen-bond donors (Lipinski definition) is 1. The van der Waals surface area contributed by atoms with Crippen molar-refractivity contribution >= 4 is 17.5 Å². The van der Waals surface area contributed by atoms with Gasteiger partial charge >= 0.3 is 0 Å². The number of ether oxygens (including phenoxy) is 1. The Morgan fingerprint density at radius 2 is 2.13 bits per heavy atom. The summed E-state index contributed by atoms with van der Waals surface area (Å²) in [6, 6.07) is 7.29. The van der Waals surface area contributed by atoms with Crippen molar-refractivity contribution in [2.75, 3.05) is 13.2 Å². The van der Waals surface area contributed by atoms with E-state index >= 15 is 0 Å². The van der Waals surface area contributed by atoms with Crippen molar-refractivity contribution in [1.82, 2.24) is 5.32 Å². The SMILES string of the molecule is O=C(Cc1ccc(Cl)cc1)NC[C@H]1CO1. The van der Waals surface area contributed by atoms with Gasteiger partial charge in [-0.2, -0.15) is 0 Å². The minimum atomic E-state index is 0.0211. The molecule has 0 aliphatic carbocycles. The molecule has 1 aromatic rings. The zero-order chi connectivity index (χ0) is 10.7. The van der Waals surface area contributed by atoms with Gasteiger partial charge in [-0.25, -0.2) is 0 Å². The molecular formula is C11H12ClNO2. The molecule has 1 aromatic carbocycles. The van der Waals surface area contributed by atoms with E-state index in [0.29, 0.717) is 18.0 Å². The van der Waals surface area contributed by atoms with E-state index in [1.54, 1.807) is 12.1 Å². The van der Waals surface area contributed by atoms with Gasteiger partial charge in [-0.15, -0.1) is 0 Å². The molecule has 1 heterocycles. The molecule has 0 radical (unpaired) electrons. The van der Waals surface area contributed by atoms with Crippen LogP contribution in [-0.4, -0.2) is 25.2 Å². The van der Waals surface area contributed by atoms with Crippen LogP contribution in [0.3, 0.4) is 0 Å². The number of halogens is 1. The Morgan fingerprint density at radius 3 is 2.73 bits per heavy atom. The average Bonchev–Trinajstić information content (AvgIpc) is 3.02. The lowest BCUT2D eigenvalue weighted by Gasteiger charge is -2.03. The minimum absolute atomic E-state index is 0.0211. The molecule has 3 nitrogen and oxygen atoms in total. The molecular weight excluding hydrogens is 214 g/mol. The molecule has 15 heavy (non-hydrogen) atoms. The van der Waals surface area contributed by atoms with Gasteiger partial charge < -0.3 is 10.1 Å². The van der Waals surface area contributed by atoms with Gasteiger partial charge in [0.15, 0.2) is 0 Å². The maximum absolute atomic E-state index is 11.4. The quantitative estimate of drug-likeness (QED) is 0.787. The summed E-state index contributed by atoms with van der Waals surface area (Å²) >= 11 is 5.74. The summed E-state index contributed by atoms with van der Waals surface area (Å²) in [5.74, 6) is 0.0211. The van der Waals surface area contributed by atoms with Crippen LogP contribution in [0.5, 0.6) is 0 Å². The topological polar surface area (TPSA) is 41.6 Å². The van der Waals surface area contributed by atoms with E-state index in [0.717, 1.165) is 12.2 Å². The Balaban J connectivity index is 1.79. The molecule has 1 N–H and O–H groups in total. The van der Waals surface area contributed by atoms with E-state index in [-0.39, 0.29) is 12.0 Å². The third kappa shape index (κ3) is 3.53. The Morgan fingerprint density at radius 1 is 1.47 bits per heavy atom. The molecule has 1 amide bonds. The standard InChI is InChI=1S/C11H12ClNO2/c12-9-3-1-8(2-4-9)5-11(14)13-6-10-7-15-10/h1-4,10H,5-7H2,(H,13,14)/t10-/m0/s1. The normalized spacial score (nSPS) is 18.6. The van der Waals surface area contributed by atoms with Crippen LogP contribution in [0, 0.1) is 0 Å². The molecule has 1 aliphatic heterocycles. The molecule has 1 fully saturated rings. The molecule has 80 valence electrons. The summed E-state index contributed by atoms with van der Waals surface area (Å²) in [5.41, 5.74) is 0.966. The smallest absolute Gasteiger partial charge is 0.224 e. The van der Waals surface area contributed by atoms with E-state index in [1.165, 1.54) is 0 Å². The number of epoxide rings is 1. The first-order valence-corrected chi connectivity index (χ1v) is 5.24. The monoisotopic (exact) mass is 225 g/mol. The molecule has 1 saturated heterocycles. The average molecular weight is 226 g/mol. The molecule has 0 bridgehead atoms. The first kappa shape index (κ1) is 10.5. The van der Waals surface area contributed by atoms with E-state index in [1.807, 2.05) is 12.1 Å². The number of carbonyl (C=O) groups is 1. The first-order valence-electron chi connectivity index (χ1n) is 4.87. The van der Waals surface area contributed by atoms with E-state index in [9.17, 15) is 4.79 Å². The summed E-state index contributed by atoms with van der Waals surface area (Å²) in [4.78, 5) is 11.4. The van der Waals surface area contributed by atoms with Crippen molar-refractivity contribution in [1.29, 1.82) is 0 Å². The predicted molar refractivity (Wildman–Crippen MR) is 57.9 cm³/mol. The van der Waals surface area contributed by atoms with Crippen molar-refractivity contribution in [2.45, 2.75) is 12.5 Å². The van der Waals surface area contributed by atoms with Crippen molar-refractivity contribution in [3.05, 3.63) is 34.9 Å². The molecule has 1 aliphatic rings. The lowest BCUT2D eigenvalue weighted by molar-refractivity contribution is -0.120. The maximum Gasteiger partial charge on any atom is 0.224 e. The number of amides is 1. The Kier molecular flexibility index (Phi) is 3.23. The van der Waals surface area contributed by atoms with Crippen LogP contribution in [0.4, 0.5) is 0 Å². The first-order chi connectivity index (χ1) is 7.24. The predicted octanol–water partition coefficient (Wildman–Crippen LogP) is 1.40. The number of rotatable bonds is 4. The van der Waals surface area contributed by atoms with Crippen LogP contribution in [0.1, 0.15) is 5.56 Å². The highest BCUT2D eigenvalue weighted by Crippen LogP contribution is 2.10. The maximum atomic E-state index is 11.4. The van der Waals surface area contributed by atoms with Gasteiger partial charge in [0, 0.05) is 11.6 Å². The van der Waals surface area contributed by atoms with Crippen molar-refractivity contribution in [3.63, 3.8) is 0 Å². The van der Waals surface area contributed by atoms with E-state index in [4.69, 9.17) is 16.3 Å². The second kappa shape index (κ2) is 4.64. The van der Waals surface area contributed by atoms with Gasteiger partial charge in [0.05, 0.1) is 19.1 Å². The highest BCUT2D eigenvalue weighted by Gasteiger charge is 2.22. The minimum Gasteiger partial charge on any atom is -0.371 e. The van der Waals surface area contributed by atoms with Gasteiger partial charge in [-0.1, -0.05) is 23.7 Å². The number of carbonyl (C=O) groups excluding carboxylic acids is 1. The second-order valence-corrected chi connectivity index (χ2v) is 4.00. The van der Waals surface area contributed by atoms with Crippen molar-refractivity contribution in [2.24, 2.45) is 0 Å². The van der Waals surface area contributed by atoms with Crippen molar-refractivity contribution in [3.8, 4) is 0 Å². The summed E-state index contributed by atoms with van der Waals surface area (Å²) in [6.45, 7) is 1.38. The third-order valence-electron chi connectivity index (χ3n) is 2.21.